The fourth-order valence-corrected chi connectivity index (χ4v) is 3.98. The molecule has 2 aromatic rings. The van der Waals surface area contributed by atoms with Gasteiger partial charge in [0.15, 0.2) is 0 Å². The number of anilines is 1. The number of nitrogens with zero attached hydrogens (tertiary/aromatic N) is 3. The molecule has 0 saturated carbocycles. The first-order valence-electron chi connectivity index (χ1n) is 11.0. The van der Waals surface area contributed by atoms with Gasteiger partial charge in [0.2, 0.25) is 11.8 Å². The Kier molecular flexibility index (Phi) is 7.34. The van der Waals surface area contributed by atoms with Crippen LogP contribution >= 0.6 is 0 Å². The average Bonchev–Trinajstić information content (AvgIpc) is 3.11. The van der Waals surface area contributed by atoms with Crippen molar-refractivity contribution >= 4 is 11.8 Å². The van der Waals surface area contributed by atoms with Crippen LogP contribution in [0.5, 0.6) is 0 Å². The highest BCUT2D eigenvalue weighted by molar-refractivity contribution is 5.77. The van der Waals surface area contributed by atoms with Crippen molar-refractivity contribution in [2.24, 2.45) is 11.8 Å². The topological polar surface area (TPSA) is 49.6 Å². The summed E-state index contributed by atoms with van der Waals surface area (Å²) >= 11 is 0. The number of carbonyl (C=O) groups excluding carboxylic acids is 1. The molecule has 0 atom stereocenters. The van der Waals surface area contributed by atoms with Gasteiger partial charge in [-0.05, 0) is 31.1 Å². The summed E-state index contributed by atoms with van der Waals surface area (Å²) in [4.78, 5) is 17.3. The lowest BCUT2D eigenvalue weighted by molar-refractivity contribution is -0.133. The summed E-state index contributed by atoms with van der Waals surface area (Å²) in [5, 5.41) is 4.46. The highest BCUT2D eigenvalue weighted by Crippen LogP contribution is 2.34. The van der Waals surface area contributed by atoms with Crippen LogP contribution in [0.25, 0.3) is 11.3 Å². The molecule has 1 aromatic heterocycles. The summed E-state index contributed by atoms with van der Waals surface area (Å²) < 4.78 is 5.89. The molecule has 0 spiro atoms. The van der Waals surface area contributed by atoms with Gasteiger partial charge >= 0.3 is 0 Å². The molecule has 1 fully saturated rings. The quantitative estimate of drug-likeness (QED) is 0.601. The zero-order valence-electron chi connectivity index (χ0n) is 18.4. The molecule has 1 aromatic carbocycles. The molecule has 0 N–H and O–H groups in total. The number of rotatable bonds is 8. The molecule has 1 saturated heterocycles. The largest absolute Gasteiger partial charge is 0.340 e. The summed E-state index contributed by atoms with van der Waals surface area (Å²) in [5.41, 5.74) is 2.93. The Balaban J connectivity index is 1.96. The van der Waals surface area contributed by atoms with E-state index in [0.29, 0.717) is 24.8 Å². The zero-order valence-corrected chi connectivity index (χ0v) is 18.4. The standard InChI is InChI=1S/C24H35N3O2/c1-18(2)15-22(28)27(16-19(3)4)17-21-23(20-11-7-5-8-12-20)25-29-24(21)26-13-9-6-10-14-26/h5,7-8,11-12,18-19H,6,9-10,13-17H2,1-4H3. The molecule has 5 heteroatoms. The summed E-state index contributed by atoms with van der Waals surface area (Å²) in [6.45, 7) is 11.8. The average molecular weight is 398 g/mol. The van der Waals surface area contributed by atoms with Gasteiger partial charge < -0.3 is 14.3 Å². The molecule has 3 rings (SSSR count). The predicted molar refractivity (Wildman–Crippen MR) is 118 cm³/mol. The highest BCUT2D eigenvalue weighted by atomic mass is 16.5. The van der Waals surface area contributed by atoms with Gasteiger partial charge in [0.25, 0.3) is 0 Å². The van der Waals surface area contributed by atoms with Gasteiger partial charge in [-0.15, -0.1) is 0 Å². The number of amides is 1. The van der Waals surface area contributed by atoms with Crippen molar-refractivity contribution in [2.75, 3.05) is 24.5 Å². The normalized spacial score (nSPS) is 14.6. The molecule has 0 bridgehead atoms. The van der Waals surface area contributed by atoms with Crippen LogP contribution < -0.4 is 4.90 Å². The van der Waals surface area contributed by atoms with E-state index in [1.807, 2.05) is 23.1 Å². The van der Waals surface area contributed by atoms with Crippen LogP contribution in [0.1, 0.15) is 58.9 Å². The van der Waals surface area contributed by atoms with E-state index in [0.717, 1.165) is 42.3 Å². The number of piperidine rings is 1. The Bertz CT molecular complexity index is 777. The van der Waals surface area contributed by atoms with Crippen molar-refractivity contribution in [3.8, 4) is 11.3 Å². The Morgan fingerprint density at radius 2 is 1.76 bits per heavy atom. The molecule has 0 radical (unpaired) electrons. The van der Waals surface area contributed by atoms with Crippen LogP contribution in [0, 0.1) is 11.8 Å². The molecule has 29 heavy (non-hydrogen) atoms. The van der Waals surface area contributed by atoms with Crippen molar-refractivity contribution in [1.29, 1.82) is 0 Å². The van der Waals surface area contributed by atoms with E-state index in [-0.39, 0.29) is 5.91 Å². The molecular weight excluding hydrogens is 362 g/mol. The highest BCUT2D eigenvalue weighted by Gasteiger charge is 2.27. The van der Waals surface area contributed by atoms with Crippen LogP contribution in [0.3, 0.4) is 0 Å². The van der Waals surface area contributed by atoms with Crippen LogP contribution in [0.2, 0.25) is 0 Å². The summed E-state index contributed by atoms with van der Waals surface area (Å²) in [6.07, 6.45) is 4.17. The minimum absolute atomic E-state index is 0.207. The van der Waals surface area contributed by atoms with E-state index in [2.05, 4.69) is 49.9 Å². The third-order valence-electron chi connectivity index (χ3n) is 5.33. The van der Waals surface area contributed by atoms with E-state index >= 15 is 0 Å². The fraction of sp³-hybridized carbons (Fsp3) is 0.583. The van der Waals surface area contributed by atoms with Gasteiger partial charge in [0.1, 0.15) is 5.69 Å². The van der Waals surface area contributed by atoms with Crippen molar-refractivity contribution in [2.45, 2.75) is 59.9 Å². The Morgan fingerprint density at radius 3 is 2.38 bits per heavy atom. The fourth-order valence-electron chi connectivity index (χ4n) is 3.98. The lowest BCUT2D eigenvalue weighted by Crippen LogP contribution is -2.35. The van der Waals surface area contributed by atoms with Crippen molar-refractivity contribution in [3.05, 3.63) is 35.9 Å². The first-order chi connectivity index (χ1) is 14.0. The number of carbonyl (C=O) groups is 1. The van der Waals surface area contributed by atoms with Gasteiger partial charge in [-0.25, -0.2) is 0 Å². The lowest BCUT2D eigenvalue weighted by Gasteiger charge is -2.29. The number of hydrogen-bond donors (Lipinski definition) is 0. The number of benzene rings is 1. The van der Waals surface area contributed by atoms with Crippen molar-refractivity contribution < 1.29 is 9.32 Å². The lowest BCUT2D eigenvalue weighted by atomic mass is 10.0. The van der Waals surface area contributed by atoms with Gasteiger partial charge in [-0.2, -0.15) is 0 Å². The maximum absolute atomic E-state index is 13.0. The summed E-state index contributed by atoms with van der Waals surface area (Å²) in [6, 6.07) is 10.2. The molecule has 2 heterocycles. The first-order valence-corrected chi connectivity index (χ1v) is 11.0. The molecule has 1 amide bonds. The molecule has 0 aliphatic carbocycles. The van der Waals surface area contributed by atoms with E-state index < -0.39 is 0 Å². The molecular formula is C24H35N3O2. The van der Waals surface area contributed by atoms with Crippen LogP contribution in [-0.2, 0) is 11.3 Å². The van der Waals surface area contributed by atoms with Gasteiger partial charge in [-0.3, -0.25) is 4.79 Å². The monoisotopic (exact) mass is 397 g/mol. The van der Waals surface area contributed by atoms with Gasteiger partial charge in [0, 0.05) is 31.6 Å². The Labute approximate surface area is 175 Å². The molecule has 5 nitrogen and oxygen atoms in total. The third kappa shape index (κ3) is 5.62. The van der Waals surface area contributed by atoms with Crippen molar-refractivity contribution in [3.63, 3.8) is 0 Å². The van der Waals surface area contributed by atoms with Crippen LogP contribution in [0.15, 0.2) is 34.9 Å². The maximum Gasteiger partial charge on any atom is 0.232 e. The minimum atomic E-state index is 0.207. The summed E-state index contributed by atoms with van der Waals surface area (Å²) in [5.74, 6) is 1.80. The zero-order chi connectivity index (χ0) is 20.8. The van der Waals surface area contributed by atoms with Gasteiger partial charge in [0.05, 0.1) is 12.1 Å². The molecule has 1 aliphatic heterocycles. The van der Waals surface area contributed by atoms with Crippen molar-refractivity contribution in [1.82, 2.24) is 10.1 Å². The Morgan fingerprint density at radius 1 is 1.07 bits per heavy atom. The third-order valence-corrected chi connectivity index (χ3v) is 5.33. The number of hydrogen-bond acceptors (Lipinski definition) is 4. The molecule has 0 unspecified atom stereocenters. The SMILES string of the molecule is CC(C)CC(=O)N(Cc1c(-c2ccccc2)noc1N1CCCCC1)CC(C)C. The first kappa shape index (κ1) is 21.4. The molecule has 158 valence electrons. The second-order valence-corrected chi connectivity index (χ2v) is 8.99. The second kappa shape index (κ2) is 9.95. The second-order valence-electron chi connectivity index (χ2n) is 8.99. The van der Waals surface area contributed by atoms with E-state index in [1.165, 1.54) is 19.3 Å². The van der Waals surface area contributed by atoms with E-state index in [4.69, 9.17) is 4.52 Å². The summed E-state index contributed by atoms with van der Waals surface area (Å²) in [7, 11) is 0. The smallest absolute Gasteiger partial charge is 0.232 e. The Hall–Kier alpha value is -2.30. The number of aromatic nitrogens is 1. The maximum atomic E-state index is 13.0. The van der Waals surface area contributed by atoms with Gasteiger partial charge in [-0.1, -0.05) is 63.2 Å². The van der Waals surface area contributed by atoms with Crippen LogP contribution in [0.4, 0.5) is 5.88 Å². The van der Waals surface area contributed by atoms with E-state index in [1.54, 1.807) is 0 Å². The minimum Gasteiger partial charge on any atom is -0.340 e. The van der Waals surface area contributed by atoms with Crippen LogP contribution in [-0.4, -0.2) is 35.6 Å². The molecule has 1 aliphatic rings. The predicted octanol–water partition coefficient (Wildman–Crippen LogP) is 5.36. The van der Waals surface area contributed by atoms with E-state index in [9.17, 15) is 4.79 Å².